The Kier molecular flexibility index (Phi) is 6.28. The summed E-state index contributed by atoms with van der Waals surface area (Å²) in [6.45, 7) is 0. The fourth-order valence-electron chi connectivity index (χ4n) is 2.42. The van der Waals surface area contributed by atoms with Gasteiger partial charge in [0, 0.05) is 11.9 Å². The zero-order valence-electron chi connectivity index (χ0n) is 15.6. The highest BCUT2D eigenvalue weighted by Gasteiger charge is 2.18. The van der Waals surface area contributed by atoms with Gasteiger partial charge in [-0.1, -0.05) is 0 Å². The summed E-state index contributed by atoms with van der Waals surface area (Å²) in [5, 5.41) is 2.95. The topological polar surface area (TPSA) is 147 Å². The lowest BCUT2D eigenvalue weighted by Gasteiger charge is -2.14. The number of benzene rings is 2. The van der Waals surface area contributed by atoms with Crippen molar-refractivity contribution in [3.05, 3.63) is 66.9 Å². The fraction of sp³-hybridized carbons (Fsp3) is 0.0556. The Bertz CT molecular complexity index is 1160. The number of aromatic nitrogens is 1. The minimum atomic E-state index is -4.65. The maximum absolute atomic E-state index is 12.7. The molecule has 0 aliphatic carbocycles. The largest absolute Gasteiger partial charge is 0.524 e. The van der Waals surface area contributed by atoms with Crippen LogP contribution in [0.3, 0.4) is 0 Å². The zero-order valence-corrected chi connectivity index (χ0v) is 17.3. The molecule has 3 aromatic rings. The Morgan fingerprint density at radius 1 is 0.967 bits per heavy atom. The molecule has 12 heteroatoms. The number of hydrogen-bond donors (Lipinski definition) is 4. The van der Waals surface area contributed by atoms with E-state index in [1.807, 2.05) is 0 Å². The van der Waals surface area contributed by atoms with Crippen LogP contribution in [0.4, 0.5) is 17.2 Å². The zero-order chi connectivity index (χ0) is 21.8. The van der Waals surface area contributed by atoms with Gasteiger partial charge in [0.15, 0.2) is 5.82 Å². The lowest BCUT2D eigenvalue weighted by atomic mass is 10.3. The number of pyridine rings is 1. The molecule has 158 valence electrons. The number of anilines is 3. The maximum Gasteiger partial charge on any atom is 0.524 e. The number of ether oxygens (including phenoxy) is 1. The summed E-state index contributed by atoms with van der Waals surface area (Å²) < 4.78 is 48.3. The quantitative estimate of drug-likeness (QED) is 0.379. The van der Waals surface area contributed by atoms with Gasteiger partial charge in [-0.15, -0.1) is 0 Å². The average Bonchev–Trinajstić information content (AvgIpc) is 2.70. The van der Waals surface area contributed by atoms with E-state index in [-0.39, 0.29) is 22.2 Å². The van der Waals surface area contributed by atoms with Gasteiger partial charge < -0.3 is 14.6 Å². The van der Waals surface area contributed by atoms with E-state index < -0.39 is 17.8 Å². The minimum absolute atomic E-state index is 0.0182. The molecule has 4 N–H and O–H groups in total. The van der Waals surface area contributed by atoms with Crippen molar-refractivity contribution in [3.8, 4) is 11.5 Å². The van der Waals surface area contributed by atoms with E-state index in [9.17, 15) is 13.0 Å². The van der Waals surface area contributed by atoms with Crippen molar-refractivity contribution < 1.29 is 32.0 Å². The first kappa shape index (κ1) is 21.6. The van der Waals surface area contributed by atoms with Crippen LogP contribution in [0.2, 0.25) is 0 Å². The first-order chi connectivity index (χ1) is 14.2. The highest BCUT2D eigenvalue weighted by atomic mass is 32.2. The molecule has 1 heterocycles. The number of methoxy groups -OCH3 is 1. The van der Waals surface area contributed by atoms with Crippen LogP contribution >= 0.6 is 7.82 Å². The van der Waals surface area contributed by atoms with Crippen LogP contribution in [0.25, 0.3) is 0 Å². The molecule has 10 nitrogen and oxygen atoms in total. The molecule has 0 saturated heterocycles. The molecule has 0 atom stereocenters. The summed E-state index contributed by atoms with van der Waals surface area (Å²) in [5.74, 6) is 0.748. The van der Waals surface area contributed by atoms with E-state index in [1.54, 1.807) is 12.1 Å². The molecule has 0 saturated carbocycles. The molecule has 0 radical (unpaired) electrons. The highest BCUT2D eigenvalue weighted by Crippen LogP contribution is 2.38. The van der Waals surface area contributed by atoms with E-state index in [4.69, 9.17) is 14.5 Å². The van der Waals surface area contributed by atoms with Gasteiger partial charge in [0.05, 0.1) is 17.7 Å². The van der Waals surface area contributed by atoms with E-state index in [0.29, 0.717) is 11.4 Å². The summed E-state index contributed by atoms with van der Waals surface area (Å²) in [4.78, 5) is 21.9. The minimum Gasteiger partial charge on any atom is -0.497 e. The van der Waals surface area contributed by atoms with Gasteiger partial charge in [-0.2, -0.15) is 0 Å². The van der Waals surface area contributed by atoms with Gasteiger partial charge in [0.1, 0.15) is 11.5 Å². The molecule has 0 spiro atoms. The first-order valence-corrected chi connectivity index (χ1v) is 11.4. The Morgan fingerprint density at radius 3 is 2.20 bits per heavy atom. The smallest absolute Gasteiger partial charge is 0.497 e. The molecule has 0 fully saturated rings. The lowest BCUT2D eigenvalue weighted by Crippen LogP contribution is -2.14. The number of nitrogens with zero attached hydrogens (tertiary/aromatic N) is 1. The van der Waals surface area contributed by atoms with Crippen LogP contribution in [0, 0.1) is 0 Å². The van der Waals surface area contributed by atoms with Crippen molar-refractivity contribution in [3.63, 3.8) is 0 Å². The van der Waals surface area contributed by atoms with Crippen molar-refractivity contribution in [2.45, 2.75) is 4.90 Å². The Morgan fingerprint density at radius 2 is 1.60 bits per heavy atom. The molecule has 0 aliphatic rings. The molecule has 1 aromatic heterocycles. The van der Waals surface area contributed by atoms with Crippen LogP contribution in [0.5, 0.6) is 11.5 Å². The van der Waals surface area contributed by atoms with Crippen LogP contribution in [-0.4, -0.2) is 30.3 Å². The first-order valence-electron chi connectivity index (χ1n) is 8.40. The highest BCUT2D eigenvalue weighted by molar-refractivity contribution is 7.92. The summed E-state index contributed by atoms with van der Waals surface area (Å²) in [5.41, 5.74) is 0.709. The molecule has 0 bridgehead atoms. The van der Waals surface area contributed by atoms with Gasteiger partial charge in [-0.3, -0.25) is 14.5 Å². The van der Waals surface area contributed by atoms with E-state index in [0.717, 1.165) is 0 Å². The summed E-state index contributed by atoms with van der Waals surface area (Å²) in [7, 11) is -7.04. The SMILES string of the molecule is COc1ccc(S(=O)(=O)Nc2cccnc2Nc2ccc(OP(=O)(O)O)cc2)cc1. The van der Waals surface area contributed by atoms with Gasteiger partial charge in [-0.05, 0) is 60.7 Å². The Balaban J connectivity index is 1.79. The molecule has 2 aromatic carbocycles. The molecule has 3 rings (SSSR count). The summed E-state index contributed by atoms with van der Waals surface area (Å²) >= 11 is 0. The number of hydrogen-bond acceptors (Lipinski definition) is 7. The second kappa shape index (κ2) is 8.72. The standard InChI is InChI=1S/C18H18N3O7PS/c1-27-14-8-10-16(11-9-14)30(25,26)21-17-3-2-12-19-18(17)20-13-4-6-15(7-5-13)28-29(22,23)24/h2-12,21H,1H3,(H,19,20)(H2,22,23,24). The fourth-order valence-corrected chi connectivity index (χ4v) is 3.88. The molecule has 0 unspecified atom stereocenters. The number of nitrogens with one attached hydrogen (secondary N) is 2. The molecular weight excluding hydrogens is 433 g/mol. The lowest BCUT2D eigenvalue weighted by molar-refractivity contribution is 0.283. The van der Waals surface area contributed by atoms with Crippen molar-refractivity contribution in [2.75, 3.05) is 17.1 Å². The maximum atomic E-state index is 12.7. The molecular formula is C18H18N3O7PS. The van der Waals surface area contributed by atoms with Crippen molar-refractivity contribution in [1.29, 1.82) is 0 Å². The van der Waals surface area contributed by atoms with Crippen LogP contribution < -0.4 is 19.3 Å². The normalized spacial score (nSPS) is 11.6. The van der Waals surface area contributed by atoms with Crippen molar-refractivity contribution in [1.82, 2.24) is 4.98 Å². The van der Waals surface area contributed by atoms with E-state index in [1.165, 1.54) is 61.8 Å². The Labute approximate surface area is 172 Å². The van der Waals surface area contributed by atoms with Crippen LogP contribution in [0.1, 0.15) is 0 Å². The molecule has 30 heavy (non-hydrogen) atoms. The third-order valence-corrected chi connectivity index (χ3v) is 5.59. The van der Waals surface area contributed by atoms with Crippen molar-refractivity contribution >= 4 is 35.0 Å². The third-order valence-electron chi connectivity index (χ3n) is 3.76. The number of rotatable bonds is 8. The van der Waals surface area contributed by atoms with Crippen LogP contribution in [-0.2, 0) is 14.6 Å². The van der Waals surface area contributed by atoms with Gasteiger partial charge in [0.25, 0.3) is 10.0 Å². The Hall–Kier alpha value is -3.11. The summed E-state index contributed by atoms with van der Waals surface area (Å²) in [6, 6.07) is 14.8. The number of phosphoric acid groups is 1. The van der Waals surface area contributed by atoms with Gasteiger partial charge in [0.2, 0.25) is 0 Å². The average molecular weight is 451 g/mol. The van der Waals surface area contributed by atoms with E-state index in [2.05, 4.69) is 19.5 Å². The number of phosphoric ester groups is 1. The predicted octanol–water partition coefficient (Wildman–Crippen LogP) is 3.11. The summed E-state index contributed by atoms with van der Waals surface area (Å²) in [6.07, 6.45) is 1.48. The van der Waals surface area contributed by atoms with Crippen LogP contribution in [0.15, 0.2) is 71.8 Å². The molecule has 0 amide bonds. The predicted molar refractivity (Wildman–Crippen MR) is 110 cm³/mol. The third kappa shape index (κ3) is 5.71. The monoisotopic (exact) mass is 451 g/mol. The second-order valence-corrected chi connectivity index (χ2v) is 8.76. The second-order valence-electron chi connectivity index (χ2n) is 5.91. The molecule has 0 aliphatic heterocycles. The van der Waals surface area contributed by atoms with Crippen molar-refractivity contribution in [2.24, 2.45) is 0 Å². The van der Waals surface area contributed by atoms with Gasteiger partial charge >= 0.3 is 7.82 Å². The number of sulfonamides is 1. The van der Waals surface area contributed by atoms with E-state index >= 15 is 0 Å². The van der Waals surface area contributed by atoms with Gasteiger partial charge in [-0.25, -0.2) is 18.0 Å².